The van der Waals surface area contributed by atoms with E-state index in [0.717, 1.165) is 22.9 Å². The SMILES string of the molecule is COc1cccc(/C=C2\SC(=O)N(CCOc3ccc(C)cc3)C2=O)c1OCc1ccccc1Cl. The van der Waals surface area contributed by atoms with E-state index in [-0.39, 0.29) is 30.9 Å². The highest BCUT2D eigenvalue weighted by Gasteiger charge is 2.35. The fourth-order valence-corrected chi connectivity index (χ4v) is 4.50. The van der Waals surface area contributed by atoms with Gasteiger partial charge in [-0.3, -0.25) is 14.5 Å². The first-order valence-corrected chi connectivity index (χ1v) is 12.1. The number of thioether (sulfide) groups is 1. The Kier molecular flexibility index (Phi) is 8.00. The molecule has 0 saturated carbocycles. The Balaban J connectivity index is 1.48. The maximum atomic E-state index is 13.0. The van der Waals surface area contributed by atoms with Gasteiger partial charge in [-0.05, 0) is 49.0 Å². The normalized spacial score (nSPS) is 14.5. The topological polar surface area (TPSA) is 65.1 Å². The Bertz CT molecular complexity index is 1260. The molecule has 3 aromatic rings. The average molecular weight is 510 g/mol. The molecule has 1 saturated heterocycles. The molecule has 0 aromatic heterocycles. The van der Waals surface area contributed by atoms with Crippen LogP contribution in [-0.4, -0.2) is 36.3 Å². The lowest BCUT2D eigenvalue weighted by Gasteiger charge is -2.15. The highest BCUT2D eigenvalue weighted by atomic mass is 35.5. The molecule has 1 fully saturated rings. The minimum absolute atomic E-state index is 0.157. The molecule has 2 amide bonds. The van der Waals surface area contributed by atoms with Crippen molar-refractivity contribution in [2.75, 3.05) is 20.3 Å². The number of rotatable bonds is 9. The highest BCUT2D eigenvalue weighted by molar-refractivity contribution is 8.18. The van der Waals surface area contributed by atoms with E-state index in [0.29, 0.717) is 32.7 Å². The van der Waals surface area contributed by atoms with Crippen LogP contribution in [0, 0.1) is 6.92 Å². The molecule has 0 atom stereocenters. The van der Waals surface area contributed by atoms with Gasteiger partial charge in [-0.1, -0.05) is 59.6 Å². The number of benzene rings is 3. The molecule has 0 radical (unpaired) electrons. The predicted octanol–water partition coefficient (Wildman–Crippen LogP) is 6.35. The van der Waals surface area contributed by atoms with E-state index in [9.17, 15) is 9.59 Å². The smallest absolute Gasteiger partial charge is 0.293 e. The van der Waals surface area contributed by atoms with Crippen molar-refractivity contribution in [2.45, 2.75) is 13.5 Å². The van der Waals surface area contributed by atoms with Crippen molar-refractivity contribution in [3.63, 3.8) is 0 Å². The van der Waals surface area contributed by atoms with Gasteiger partial charge in [0.1, 0.15) is 19.0 Å². The maximum absolute atomic E-state index is 13.0. The van der Waals surface area contributed by atoms with Crippen molar-refractivity contribution in [3.05, 3.63) is 93.3 Å². The Labute approximate surface area is 213 Å². The molecule has 0 spiro atoms. The van der Waals surface area contributed by atoms with Gasteiger partial charge in [0.05, 0.1) is 18.6 Å². The van der Waals surface area contributed by atoms with E-state index in [1.165, 1.54) is 4.90 Å². The van der Waals surface area contributed by atoms with Crippen LogP contribution in [0.5, 0.6) is 17.2 Å². The highest BCUT2D eigenvalue weighted by Crippen LogP contribution is 2.38. The number of para-hydroxylation sites is 1. The van der Waals surface area contributed by atoms with Crippen LogP contribution in [0.1, 0.15) is 16.7 Å². The second-order valence-corrected chi connectivity index (χ2v) is 9.15. The van der Waals surface area contributed by atoms with Crippen LogP contribution in [0.3, 0.4) is 0 Å². The molecule has 8 heteroatoms. The minimum Gasteiger partial charge on any atom is -0.493 e. The number of nitrogens with zero attached hydrogens (tertiary/aromatic N) is 1. The Morgan fingerprint density at radius 3 is 2.49 bits per heavy atom. The summed E-state index contributed by atoms with van der Waals surface area (Å²) in [6.07, 6.45) is 1.65. The summed E-state index contributed by atoms with van der Waals surface area (Å²) in [6.45, 7) is 2.58. The summed E-state index contributed by atoms with van der Waals surface area (Å²) in [5, 5.41) is 0.258. The van der Waals surface area contributed by atoms with Gasteiger partial charge in [0.2, 0.25) is 0 Å². The molecule has 0 bridgehead atoms. The molecule has 35 heavy (non-hydrogen) atoms. The molecule has 1 aliphatic heterocycles. The van der Waals surface area contributed by atoms with Gasteiger partial charge in [-0.15, -0.1) is 0 Å². The van der Waals surface area contributed by atoms with Crippen molar-refractivity contribution < 1.29 is 23.8 Å². The summed E-state index contributed by atoms with van der Waals surface area (Å²) in [5.41, 5.74) is 2.57. The molecule has 180 valence electrons. The summed E-state index contributed by atoms with van der Waals surface area (Å²) in [7, 11) is 1.55. The van der Waals surface area contributed by atoms with Gasteiger partial charge in [-0.2, -0.15) is 0 Å². The molecule has 3 aromatic carbocycles. The third kappa shape index (κ3) is 5.99. The lowest BCUT2D eigenvalue weighted by atomic mass is 10.1. The summed E-state index contributed by atoms with van der Waals surface area (Å²) in [6, 6.07) is 20.4. The molecule has 4 rings (SSSR count). The monoisotopic (exact) mass is 509 g/mol. The van der Waals surface area contributed by atoms with E-state index in [1.54, 1.807) is 37.5 Å². The summed E-state index contributed by atoms with van der Waals surface area (Å²) >= 11 is 7.15. The zero-order valence-electron chi connectivity index (χ0n) is 19.3. The standard InChI is InChI=1S/C27H24ClNO5S/c1-18-10-12-21(13-11-18)33-15-14-29-26(30)24(35-27(29)31)16-19-7-5-9-23(32-2)25(19)34-17-20-6-3-4-8-22(20)28/h3-13,16H,14-15,17H2,1-2H3/b24-16-. The van der Waals surface area contributed by atoms with Crippen LogP contribution in [-0.2, 0) is 11.4 Å². The number of carbonyl (C=O) groups excluding carboxylic acids is 2. The number of ether oxygens (including phenoxy) is 3. The zero-order valence-corrected chi connectivity index (χ0v) is 20.9. The van der Waals surface area contributed by atoms with Crippen LogP contribution in [0.4, 0.5) is 4.79 Å². The number of carbonyl (C=O) groups is 2. The number of hydrogen-bond donors (Lipinski definition) is 0. The van der Waals surface area contributed by atoms with E-state index in [1.807, 2.05) is 49.4 Å². The number of hydrogen-bond acceptors (Lipinski definition) is 6. The molecular weight excluding hydrogens is 486 g/mol. The molecule has 1 heterocycles. The predicted molar refractivity (Wildman–Crippen MR) is 138 cm³/mol. The molecule has 1 aliphatic rings. The van der Waals surface area contributed by atoms with E-state index in [4.69, 9.17) is 25.8 Å². The first-order chi connectivity index (χ1) is 17.0. The van der Waals surface area contributed by atoms with Crippen molar-refractivity contribution >= 4 is 40.6 Å². The lowest BCUT2D eigenvalue weighted by molar-refractivity contribution is -0.123. The van der Waals surface area contributed by atoms with Gasteiger partial charge in [0.25, 0.3) is 11.1 Å². The van der Waals surface area contributed by atoms with Crippen LogP contribution in [0.2, 0.25) is 5.02 Å². The number of halogens is 1. The van der Waals surface area contributed by atoms with E-state index < -0.39 is 0 Å². The van der Waals surface area contributed by atoms with Gasteiger partial charge >= 0.3 is 0 Å². The second kappa shape index (κ2) is 11.3. The van der Waals surface area contributed by atoms with Crippen molar-refractivity contribution in [1.82, 2.24) is 4.90 Å². The largest absolute Gasteiger partial charge is 0.493 e. The Morgan fingerprint density at radius 1 is 0.971 bits per heavy atom. The Hall–Kier alpha value is -3.42. The molecule has 6 nitrogen and oxygen atoms in total. The van der Waals surface area contributed by atoms with Crippen LogP contribution < -0.4 is 14.2 Å². The molecule has 0 aliphatic carbocycles. The first-order valence-electron chi connectivity index (χ1n) is 10.9. The van der Waals surface area contributed by atoms with E-state index >= 15 is 0 Å². The van der Waals surface area contributed by atoms with Crippen molar-refractivity contribution in [2.24, 2.45) is 0 Å². The first kappa shape index (κ1) is 24.7. The van der Waals surface area contributed by atoms with Gasteiger partial charge in [-0.25, -0.2) is 0 Å². The Morgan fingerprint density at radius 2 is 1.74 bits per heavy atom. The van der Waals surface area contributed by atoms with Crippen molar-refractivity contribution in [1.29, 1.82) is 0 Å². The second-order valence-electron chi connectivity index (χ2n) is 7.75. The fourth-order valence-electron chi connectivity index (χ4n) is 3.45. The third-order valence-corrected chi connectivity index (χ3v) is 6.60. The molecular formula is C27H24ClNO5S. The summed E-state index contributed by atoms with van der Waals surface area (Å²) in [5.74, 6) is 1.29. The number of aryl methyl sites for hydroxylation is 1. The minimum atomic E-state index is -0.368. The summed E-state index contributed by atoms with van der Waals surface area (Å²) in [4.78, 5) is 27.0. The quantitative estimate of drug-likeness (QED) is 0.313. The van der Waals surface area contributed by atoms with Crippen LogP contribution >= 0.6 is 23.4 Å². The van der Waals surface area contributed by atoms with Gasteiger partial charge < -0.3 is 14.2 Å². The number of methoxy groups -OCH3 is 1. The number of amides is 2. The lowest BCUT2D eigenvalue weighted by Crippen LogP contribution is -2.32. The number of imide groups is 1. The van der Waals surface area contributed by atoms with Crippen LogP contribution in [0.15, 0.2) is 71.6 Å². The van der Waals surface area contributed by atoms with Crippen molar-refractivity contribution in [3.8, 4) is 17.2 Å². The molecule has 0 unspecified atom stereocenters. The third-order valence-electron chi connectivity index (χ3n) is 5.32. The van der Waals surface area contributed by atoms with Gasteiger partial charge in [0, 0.05) is 16.1 Å². The summed E-state index contributed by atoms with van der Waals surface area (Å²) < 4.78 is 17.2. The average Bonchev–Trinajstić information content (AvgIpc) is 3.12. The van der Waals surface area contributed by atoms with Gasteiger partial charge in [0.15, 0.2) is 11.5 Å². The zero-order chi connectivity index (χ0) is 24.8. The maximum Gasteiger partial charge on any atom is 0.293 e. The fraction of sp³-hybridized carbons (Fsp3) is 0.185. The van der Waals surface area contributed by atoms with E-state index in [2.05, 4.69) is 0 Å². The molecule has 0 N–H and O–H groups in total. The van der Waals surface area contributed by atoms with Crippen LogP contribution in [0.25, 0.3) is 6.08 Å².